The maximum atomic E-state index is 13.8. The van der Waals surface area contributed by atoms with Gasteiger partial charge in [0.1, 0.15) is 5.82 Å². The maximum Gasteiger partial charge on any atom is 0.264 e. The lowest BCUT2D eigenvalue weighted by Crippen LogP contribution is -1.95. The summed E-state index contributed by atoms with van der Waals surface area (Å²) in [5, 5.41) is 0. The zero-order chi connectivity index (χ0) is 18.1. The Labute approximate surface area is 150 Å². The Morgan fingerprint density at radius 1 is 0.769 bits per heavy atom. The van der Waals surface area contributed by atoms with Crippen molar-refractivity contribution in [2.75, 3.05) is 0 Å². The van der Waals surface area contributed by atoms with Gasteiger partial charge in [-0.05, 0) is 64.4 Å². The molecule has 4 rings (SSSR count). The van der Waals surface area contributed by atoms with Gasteiger partial charge in [0.2, 0.25) is 0 Å². The number of benzene rings is 3. The molecule has 0 radical (unpaired) electrons. The van der Waals surface area contributed by atoms with Crippen LogP contribution in [0.3, 0.4) is 0 Å². The lowest BCUT2D eigenvalue weighted by Gasteiger charge is -2.13. The summed E-state index contributed by atoms with van der Waals surface area (Å²) in [6, 6.07) is 19.2. The Morgan fingerprint density at radius 2 is 1.46 bits per heavy atom. The van der Waals surface area contributed by atoms with E-state index in [-0.39, 0.29) is 11.4 Å². The van der Waals surface area contributed by atoms with Gasteiger partial charge < -0.3 is 0 Å². The Bertz CT molecular complexity index is 986. The van der Waals surface area contributed by atoms with Gasteiger partial charge in [-0.3, -0.25) is 0 Å². The minimum absolute atomic E-state index is 0.00499. The molecule has 0 nitrogen and oxygen atoms in total. The number of hydrogen-bond donors (Lipinski definition) is 0. The van der Waals surface area contributed by atoms with Crippen LogP contribution in [-0.4, -0.2) is 0 Å². The fourth-order valence-electron chi connectivity index (χ4n) is 3.60. The third-order valence-corrected chi connectivity index (χ3v) is 4.86. The highest BCUT2D eigenvalue weighted by atomic mass is 19.3. The zero-order valence-electron chi connectivity index (χ0n) is 14.1. The molecule has 0 saturated heterocycles. The lowest BCUT2D eigenvalue weighted by molar-refractivity contribution is 0.151. The van der Waals surface area contributed by atoms with E-state index < -0.39 is 6.43 Å². The highest BCUT2D eigenvalue weighted by Gasteiger charge is 2.19. The number of aryl methyl sites for hydroxylation is 2. The molecule has 0 fully saturated rings. The van der Waals surface area contributed by atoms with E-state index in [1.165, 1.54) is 12.1 Å². The van der Waals surface area contributed by atoms with Gasteiger partial charge in [-0.25, -0.2) is 13.2 Å². The minimum atomic E-state index is -2.54. The molecule has 1 aliphatic rings. The standard InChI is InChI=1S/C23H17F3/c24-18-11-12-20-17(13-18)10-9-15-5-1-3-7-19(15)22(20)14-16-6-2-4-8-21(16)23(25)26/h1-8,11-14,23H,9-10H2/b22-14+. The van der Waals surface area contributed by atoms with E-state index in [1.54, 1.807) is 30.3 Å². The molecule has 130 valence electrons. The van der Waals surface area contributed by atoms with Crippen LogP contribution in [0.15, 0.2) is 66.7 Å². The van der Waals surface area contributed by atoms with Gasteiger partial charge in [0, 0.05) is 5.56 Å². The number of halogens is 3. The molecular weight excluding hydrogens is 333 g/mol. The second-order valence-corrected chi connectivity index (χ2v) is 6.45. The molecule has 0 aliphatic heterocycles. The number of hydrogen-bond acceptors (Lipinski definition) is 0. The first-order chi connectivity index (χ1) is 12.6. The summed E-state index contributed by atoms with van der Waals surface area (Å²) in [6.07, 6.45) is 0.776. The van der Waals surface area contributed by atoms with Crippen LogP contribution in [0.1, 0.15) is 39.8 Å². The third-order valence-electron chi connectivity index (χ3n) is 4.86. The minimum Gasteiger partial charge on any atom is -0.207 e. The molecule has 0 unspecified atom stereocenters. The van der Waals surface area contributed by atoms with Crippen molar-refractivity contribution in [1.82, 2.24) is 0 Å². The SMILES string of the molecule is Fc1ccc2c(c1)CCc1ccccc1/C2=C\c1ccccc1C(F)F. The molecule has 0 aromatic heterocycles. The van der Waals surface area contributed by atoms with Crippen LogP contribution >= 0.6 is 0 Å². The monoisotopic (exact) mass is 350 g/mol. The predicted molar refractivity (Wildman–Crippen MR) is 98.6 cm³/mol. The molecule has 26 heavy (non-hydrogen) atoms. The Morgan fingerprint density at radius 3 is 2.31 bits per heavy atom. The van der Waals surface area contributed by atoms with Crippen LogP contribution < -0.4 is 0 Å². The second kappa shape index (κ2) is 6.83. The molecule has 0 atom stereocenters. The van der Waals surface area contributed by atoms with Crippen molar-refractivity contribution in [3.05, 3.63) is 106 Å². The molecule has 0 saturated carbocycles. The highest BCUT2D eigenvalue weighted by Crippen LogP contribution is 2.36. The smallest absolute Gasteiger partial charge is 0.207 e. The maximum absolute atomic E-state index is 13.8. The normalized spacial score (nSPS) is 14.8. The lowest BCUT2D eigenvalue weighted by atomic mass is 9.91. The molecule has 1 aliphatic carbocycles. The Hall–Kier alpha value is -2.81. The van der Waals surface area contributed by atoms with E-state index in [2.05, 4.69) is 0 Å². The number of rotatable bonds is 2. The van der Waals surface area contributed by atoms with Crippen molar-refractivity contribution in [3.8, 4) is 0 Å². The molecule has 0 amide bonds. The highest BCUT2D eigenvalue weighted by molar-refractivity contribution is 5.94. The van der Waals surface area contributed by atoms with Crippen LogP contribution in [0.2, 0.25) is 0 Å². The van der Waals surface area contributed by atoms with Crippen LogP contribution in [0, 0.1) is 5.82 Å². The molecule has 3 aromatic rings. The number of alkyl halides is 2. The summed E-state index contributed by atoms with van der Waals surface area (Å²) in [4.78, 5) is 0. The number of fused-ring (bicyclic) bond motifs is 2. The third kappa shape index (κ3) is 3.05. The van der Waals surface area contributed by atoms with Crippen molar-refractivity contribution >= 4 is 11.6 Å². The van der Waals surface area contributed by atoms with Crippen molar-refractivity contribution in [2.24, 2.45) is 0 Å². The van der Waals surface area contributed by atoms with Gasteiger partial charge in [-0.2, -0.15) is 0 Å². The molecule has 0 spiro atoms. The van der Waals surface area contributed by atoms with Crippen molar-refractivity contribution in [3.63, 3.8) is 0 Å². The first-order valence-electron chi connectivity index (χ1n) is 8.59. The van der Waals surface area contributed by atoms with Gasteiger partial charge in [-0.1, -0.05) is 54.6 Å². The van der Waals surface area contributed by atoms with E-state index >= 15 is 0 Å². The quantitative estimate of drug-likeness (QED) is 0.498. The van der Waals surface area contributed by atoms with Crippen molar-refractivity contribution < 1.29 is 13.2 Å². The summed E-state index contributed by atoms with van der Waals surface area (Å²) in [6.45, 7) is 0. The molecule has 0 bridgehead atoms. The fourth-order valence-corrected chi connectivity index (χ4v) is 3.60. The van der Waals surface area contributed by atoms with Gasteiger partial charge in [0.15, 0.2) is 0 Å². The summed E-state index contributed by atoms with van der Waals surface area (Å²) >= 11 is 0. The van der Waals surface area contributed by atoms with E-state index in [9.17, 15) is 13.2 Å². The van der Waals surface area contributed by atoms with Gasteiger partial charge in [0.25, 0.3) is 6.43 Å². The fraction of sp³-hybridized carbons (Fsp3) is 0.130. The van der Waals surface area contributed by atoms with Crippen molar-refractivity contribution in [2.45, 2.75) is 19.3 Å². The molecule has 0 N–H and O–H groups in total. The van der Waals surface area contributed by atoms with Gasteiger partial charge >= 0.3 is 0 Å². The largest absolute Gasteiger partial charge is 0.264 e. The first-order valence-corrected chi connectivity index (χ1v) is 8.59. The topological polar surface area (TPSA) is 0 Å². The average Bonchev–Trinajstić information content (AvgIpc) is 2.79. The van der Waals surface area contributed by atoms with E-state index in [1.807, 2.05) is 30.3 Å². The van der Waals surface area contributed by atoms with E-state index in [4.69, 9.17) is 0 Å². The Kier molecular flexibility index (Phi) is 4.37. The van der Waals surface area contributed by atoms with E-state index in [0.29, 0.717) is 5.56 Å². The predicted octanol–water partition coefficient (Wildman–Crippen LogP) is 6.45. The molecule has 3 heteroatoms. The molecule has 3 aromatic carbocycles. The summed E-state index contributed by atoms with van der Waals surface area (Å²) in [5.41, 5.74) is 5.32. The Balaban J connectivity index is 1.98. The first kappa shape index (κ1) is 16.6. The van der Waals surface area contributed by atoms with Crippen molar-refractivity contribution in [1.29, 1.82) is 0 Å². The zero-order valence-corrected chi connectivity index (χ0v) is 14.1. The van der Waals surface area contributed by atoms with E-state index in [0.717, 1.165) is 40.7 Å². The summed E-state index contributed by atoms with van der Waals surface area (Å²) in [7, 11) is 0. The average molecular weight is 350 g/mol. The van der Waals surface area contributed by atoms with Crippen LogP contribution in [0.25, 0.3) is 11.6 Å². The summed E-state index contributed by atoms with van der Waals surface area (Å²) < 4.78 is 40.6. The van der Waals surface area contributed by atoms with Crippen LogP contribution in [0.4, 0.5) is 13.2 Å². The van der Waals surface area contributed by atoms with Crippen LogP contribution in [-0.2, 0) is 12.8 Å². The molecule has 0 heterocycles. The summed E-state index contributed by atoms with van der Waals surface area (Å²) in [5.74, 6) is -0.276. The van der Waals surface area contributed by atoms with Gasteiger partial charge in [0.05, 0.1) is 0 Å². The molecular formula is C23H17F3. The van der Waals surface area contributed by atoms with Gasteiger partial charge in [-0.15, -0.1) is 0 Å². The van der Waals surface area contributed by atoms with Crippen LogP contribution in [0.5, 0.6) is 0 Å². The second-order valence-electron chi connectivity index (χ2n) is 6.45.